The van der Waals surface area contributed by atoms with E-state index in [1.807, 2.05) is 19.4 Å². The van der Waals surface area contributed by atoms with Gasteiger partial charge >= 0.3 is 0 Å². The number of nitrogens with one attached hydrogen (secondary N) is 1. The lowest BCUT2D eigenvalue weighted by atomic mass is 9.95. The Bertz CT molecular complexity index is 296. The first-order valence-electron chi connectivity index (χ1n) is 6.02. The summed E-state index contributed by atoms with van der Waals surface area (Å²) in [7, 11) is 2.04. The molecule has 2 rings (SSSR count). The highest BCUT2D eigenvalue weighted by atomic mass is 16.5. The second-order valence-corrected chi connectivity index (χ2v) is 4.51. The van der Waals surface area contributed by atoms with Gasteiger partial charge in [0.2, 0.25) is 0 Å². The fourth-order valence-corrected chi connectivity index (χ4v) is 2.28. The summed E-state index contributed by atoms with van der Waals surface area (Å²) in [5.41, 5.74) is 1.35. The molecule has 1 aromatic heterocycles. The van der Waals surface area contributed by atoms with Gasteiger partial charge in [-0.05, 0) is 49.9 Å². The lowest BCUT2D eigenvalue weighted by Crippen LogP contribution is -2.30. The molecular weight excluding hydrogens is 200 g/mol. The van der Waals surface area contributed by atoms with Gasteiger partial charge in [0.1, 0.15) is 0 Å². The number of rotatable bonds is 5. The highest BCUT2D eigenvalue weighted by Crippen LogP contribution is 2.19. The van der Waals surface area contributed by atoms with E-state index in [-0.39, 0.29) is 0 Å². The maximum absolute atomic E-state index is 5.41. The third-order valence-electron chi connectivity index (χ3n) is 3.28. The van der Waals surface area contributed by atoms with Crippen molar-refractivity contribution in [3.8, 4) is 0 Å². The third kappa shape index (κ3) is 3.29. The van der Waals surface area contributed by atoms with E-state index in [4.69, 9.17) is 4.74 Å². The highest BCUT2D eigenvalue weighted by Gasteiger charge is 2.19. The van der Waals surface area contributed by atoms with Gasteiger partial charge in [-0.15, -0.1) is 0 Å². The molecule has 1 saturated heterocycles. The predicted molar refractivity (Wildman–Crippen MR) is 64.3 cm³/mol. The molecular formula is C13H20N2O. The predicted octanol–water partition coefficient (Wildman–Crippen LogP) is 1.64. The van der Waals surface area contributed by atoms with Crippen molar-refractivity contribution in [2.45, 2.75) is 25.3 Å². The van der Waals surface area contributed by atoms with Crippen LogP contribution in [-0.2, 0) is 11.2 Å². The molecule has 0 aromatic carbocycles. The van der Waals surface area contributed by atoms with E-state index >= 15 is 0 Å². The summed E-state index contributed by atoms with van der Waals surface area (Å²) in [6.07, 6.45) is 7.23. The van der Waals surface area contributed by atoms with Crippen LogP contribution >= 0.6 is 0 Å². The molecule has 0 saturated carbocycles. The maximum Gasteiger partial charge on any atom is 0.0495 e. The van der Waals surface area contributed by atoms with Crippen LogP contribution in [0.1, 0.15) is 18.4 Å². The zero-order valence-electron chi connectivity index (χ0n) is 9.86. The van der Waals surface area contributed by atoms with E-state index in [0.29, 0.717) is 6.04 Å². The minimum absolute atomic E-state index is 0.550. The fourth-order valence-electron chi connectivity index (χ4n) is 2.28. The smallest absolute Gasteiger partial charge is 0.0495 e. The molecule has 0 radical (unpaired) electrons. The SMILES string of the molecule is CNC(Cc1ccncc1)CC1CCOC1. The number of hydrogen-bond donors (Lipinski definition) is 1. The topological polar surface area (TPSA) is 34.2 Å². The summed E-state index contributed by atoms with van der Waals surface area (Å²) in [5.74, 6) is 0.735. The van der Waals surface area contributed by atoms with Gasteiger partial charge < -0.3 is 10.1 Å². The van der Waals surface area contributed by atoms with E-state index in [9.17, 15) is 0 Å². The number of likely N-dealkylation sites (N-methyl/N-ethyl adjacent to an activating group) is 1. The average Bonchev–Trinajstić information content (AvgIpc) is 2.82. The molecule has 0 amide bonds. The van der Waals surface area contributed by atoms with E-state index in [2.05, 4.69) is 22.4 Å². The first-order valence-corrected chi connectivity index (χ1v) is 6.02. The van der Waals surface area contributed by atoms with Crippen molar-refractivity contribution < 1.29 is 4.74 Å². The molecule has 1 aliphatic rings. The lowest BCUT2D eigenvalue weighted by Gasteiger charge is -2.19. The molecule has 1 aliphatic heterocycles. The van der Waals surface area contributed by atoms with Crippen molar-refractivity contribution in [1.29, 1.82) is 0 Å². The molecule has 0 spiro atoms. The normalized spacial score (nSPS) is 22.2. The van der Waals surface area contributed by atoms with Crippen LogP contribution in [0.25, 0.3) is 0 Å². The standard InChI is InChI=1S/C13H20N2O/c1-14-13(9-12-4-7-16-10-12)8-11-2-5-15-6-3-11/h2-3,5-6,12-14H,4,7-10H2,1H3. The number of nitrogens with zero attached hydrogens (tertiary/aromatic N) is 1. The summed E-state index contributed by atoms with van der Waals surface area (Å²) in [6, 6.07) is 4.74. The number of ether oxygens (including phenoxy) is 1. The molecule has 0 aliphatic carbocycles. The Balaban J connectivity index is 1.85. The van der Waals surface area contributed by atoms with Gasteiger partial charge in [0, 0.05) is 31.6 Å². The molecule has 1 N–H and O–H groups in total. The van der Waals surface area contributed by atoms with Crippen molar-refractivity contribution in [3.63, 3.8) is 0 Å². The van der Waals surface area contributed by atoms with Crippen molar-refractivity contribution in [2.24, 2.45) is 5.92 Å². The molecule has 0 bridgehead atoms. The van der Waals surface area contributed by atoms with Crippen LogP contribution in [0.5, 0.6) is 0 Å². The number of pyridine rings is 1. The maximum atomic E-state index is 5.41. The quantitative estimate of drug-likeness (QED) is 0.819. The van der Waals surface area contributed by atoms with Crippen molar-refractivity contribution in [3.05, 3.63) is 30.1 Å². The molecule has 2 heterocycles. The van der Waals surface area contributed by atoms with Crippen LogP contribution in [0.3, 0.4) is 0 Å². The van der Waals surface area contributed by atoms with Gasteiger partial charge in [-0.3, -0.25) is 4.98 Å². The summed E-state index contributed by atoms with van der Waals surface area (Å²) in [4.78, 5) is 4.04. The molecule has 1 aromatic rings. The Labute approximate surface area is 97.2 Å². The summed E-state index contributed by atoms with van der Waals surface area (Å²) in [6.45, 7) is 1.88. The fraction of sp³-hybridized carbons (Fsp3) is 0.615. The van der Waals surface area contributed by atoms with E-state index in [0.717, 1.165) is 25.6 Å². The van der Waals surface area contributed by atoms with Gasteiger partial charge in [0.15, 0.2) is 0 Å². The van der Waals surface area contributed by atoms with Crippen LogP contribution < -0.4 is 5.32 Å². The Morgan fingerprint density at radius 2 is 2.31 bits per heavy atom. The molecule has 88 valence electrons. The third-order valence-corrected chi connectivity index (χ3v) is 3.28. The summed E-state index contributed by atoms with van der Waals surface area (Å²) < 4.78 is 5.41. The van der Waals surface area contributed by atoms with E-state index in [1.54, 1.807) is 0 Å². The van der Waals surface area contributed by atoms with Crippen LogP contribution in [0.4, 0.5) is 0 Å². The molecule has 1 fully saturated rings. The largest absolute Gasteiger partial charge is 0.381 e. The van der Waals surface area contributed by atoms with E-state index < -0.39 is 0 Å². The monoisotopic (exact) mass is 220 g/mol. The molecule has 2 unspecified atom stereocenters. The zero-order chi connectivity index (χ0) is 11.2. The Hall–Kier alpha value is -0.930. The Morgan fingerprint density at radius 3 is 2.94 bits per heavy atom. The van der Waals surface area contributed by atoms with Crippen LogP contribution in [0, 0.1) is 5.92 Å². The van der Waals surface area contributed by atoms with Crippen LogP contribution in [-0.4, -0.2) is 31.3 Å². The van der Waals surface area contributed by atoms with Gasteiger partial charge in [-0.1, -0.05) is 0 Å². The second kappa shape index (κ2) is 5.97. The van der Waals surface area contributed by atoms with Gasteiger partial charge in [0.05, 0.1) is 0 Å². The van der Waals surface area contributed by atoms with Crippen molar-refractivity contribution in [1.82, 2.24) is 10.3 Å². The van der Waals surface area contributed by atoms with Gasteiger partial charge in [-0.2, -0.15) is 0 Å². The van der Waals surface area contributed by atoms with Gasteiger partial charge in [0.25, 0.3) is 0 Å². The second-order valence-electron chi connectivity index (χ2n) is 4.51. The first-order chi connectivity index (χ1) is 7.88. The summed E-state index contributed by atoms with van der Waals surface area (Å²) >= 11 is 0. The molecule has 3 heteroatoms. The molecule has 16 heavy (non-hydrogen) atoms. The zero-order valence-corrected chi connectivity index (χ0v) is 9.86. The minimum atomic E-state index is 0.550. The average molecular weight is 220 g/mol. The summed E-state index contributed by atoms with van der Waals surface area (Å²) in [5, 5.41) is 3.40. The Morgan fingerprint density at radius 1 is 1.50 bits per heavy atom. The molecule has 2 atom stereocenters. The van der Waals surface area contributed by atoms with E-state index in [1.165, 1.54) is 18.4 Å². The highest BCUT2D eigenvalue weighted by molar-refractivity contribution is 5.11. The number of aromatic nitrogens is 1. The van der Waals surface area contributed by atoms with Crippen molar-refractivity contribution in [2.75, 3.05) is 20.3 Å². The van der Waals surface area contributed by atoms with Gasteiger partial charge in [-0.25, -0.2) is 0 Å². The Kier molecular flexibility index (Phi) is 4.31. The minimum Gasteiger partial charge on any atom is -0.381 e. The van der Waals surface area contributed by atoms with Crippen molar-refractivity contribution >= 4 is 0 Å². The lowest BCUT2D eigenvalue weighted by molar-refractivity contribution is 0.181. The van der Waals surface area contributed by atoms with Crippen LogP contribution in [0.15, 0.2) is 24.5 Å². The van der Waals surface area contributed by atoms with Crippen LogP contribution in [0.2, 0.25) is 0 Å². The molecule has 3 nitrogen and oxygen atoms in total. The number of hydrogen-bond acceptors (Lipinski definition) is 3. The first kappa shape index (κ1) is 11.6.